The Bertz CT molecular complexity index is 972. The fourth-order valence-corrected chi connectivity index (χ4v) is 3.28. The lowest BCUT2D eigenvalue weighted by Crippen LogP contribution is -2.54. The number of nitrogens with zero attached hydrogens (tertiary/aromatic N) is 2. The van der Waals surface area contributed by atoms with Gasteiger partial charge in [-0.05, 0) is 38.8 Å². The number of rotatable bonds is 10. The molecular weight excluding hydrogens is 426 g/mol. The first kappa shape index (κ1) is 25.6. The van der Waals surface area contributed by atoms with Gasteiger partial charge in [-0.1, -0.05) is 37.3 Å². The molecule has 0 aromatic heterocycles. The Morgan fingerprint density at radius 1 is 1.15 bits per heavy atom. The summed E-state index contributed by atoms with van der Waals surface area (Å²) >= 11 is 0. The smallest absolute Gasteiger partial charge is 0.311 e. The minimum Gasteiger partial charge on any atom is -0.490 e. The van der Waals surface area contributed by atoms with E-state index in [0.29, 0.717) is 6.42 Å². The second kappa shape index (κ2) is 11.3. The molecule has 2 aromatic rings. The summed E-state index contributed by atoms with van der Waals surface area (Å²) in [5.41, 5.74) is 0.231. The van der Waals surface area contributed by atoms with E-state index in [-0.39, 0.29) is 42.2 Å². The van der Waals surface area contributed by atoms with Gasteiger partial charge in [0.15, 0.2) is 6.61 Å². The Morgan fingerprint density at radius 2 is 1.82 bits per heavy atom. The molecule has 178 valence electrons. The summed E-state index contributed by atoms with van der Waals surface area (Å²) in [7, 11) is 1.32. The van der Waals surface area contributed by atoms with Crippen molar-refractivity contribution in [1.29, 1.82) is 0 Å². The molecule has 33 heavy (non-hydrogen) atoms. The third-order valence-electron chi connectivity index (χ3n) is 4.79. The second-order valence-corrected chi connectivity index (χ2v) is 8.55. The molecule has 0 heterocycles. The molecule has 2 amide bonds. The molecule has 1 N–H and O–H groups in total. The molecule has 9 nitrogen and oxygen atoms in total. The SMILES string of the molecule is CCC(C(=O)NC(C)(C)C)N(Cc1ccccc1)C(=O)COc1ccc([N+](=O)[O-])c(OC)c1. The molecule has 0 fully saturated rings. The fraction of sp³-hybridized carbons (Fsp3) is 0.417. The lowest BCUT2D eigenvalue weighted by molar-refractivity contribution is -0.385. The summed E-state index contributed by atoms with van der Waals surface area (Å²) in [5.74, 6) is -0.349. The van der Waals surface area contributed by atoms with E-state index in [1.54, 1.807) is 0 Å². The topological polar surface area (TPSA) is 111 Å². The number of nitro benzene ring substituents is 1. The number of nitro groups is 1. The first-order valence-corrected chi connectivity index (χ1v) is 10.7. The van der Waals surface area contributed by atoms with Gasteiger partial charge in [-0.25, -0.2) is 0 Å². The number of carbonyl (C=O) groups excluding carboxylic acids is 2. The lowest BCUT2D eigenvalue weighted by atomic mass is 10.1. The maximum absolute atomic E-state index is 13.2. The van der Waals surface area contributed by atoms with Crippen LogP contribution in [-0.2, 0) is 16.1 Å². The molecular formula is C24H31N3O6. The normalized spacial score (nSPS) is 11.9. The van der Waals surface area contributed by atoms with Crippen LogP contribution in [0.15, 0.2) is 48.5 Å². The van der Waals surface area contributed by atoms with Gasteiger partial charge in [0.25, 0.3) is 5.91 Å². The molecule has 0 bridgehead atoms. The van der Waals surface area contributed by atoms with Crippen molar-refractivity contribution in [3.05, 3.63) is 64.2 Å². The molecule has 1 atom stereocenters. The highest BCUT2D eigenvalue weighted by Crippen LogP contribution is 2.30. The molecule has 2 aromatic carbocycles. The second-order valence-electron chi connectivity index (χ2n) is 8.55. The summed E-state index contributed by atoms with van der Waals surface area (Å²) < 4.78 is 10.7. The molecule has 9 heteroatoms. The van der Waals surface area contributed by atoms with Crippen LogP contribution in [0.25, 0.3) is 0 Å². The standard InChI is InChI=1S/C24H31N3O6/c1-6-19(23(29)25-24(2,3)4)26(15-17-10-8-7-9-11-17)22(28)16-33-18-12-13-20(27(30)31)21(14-18)32-5/h7-14,19H,6,15-16H2,1-5H3,(H,25,29). The van der Waals surface area contributed by atoms with Crippen molar-refractivity contribution in [3.8, 4) is 11.5 Å². The van der Waals surface area contributed by atoms with Crippen LogP contribution in [0.3, 0.4) is 0 Å². The van der Waals surface area contributed by atoms with E-state index < -0.39 is 16.5 Å². The molecule has 2 rings (SSSR count). The van der Waals surface area contributed by atoms with Gasteiger partial charge >= 0.3 is 5.69 Å². The number of methoxy groups -OCH3 is 1. The van der Waals surface area contributed by atoms with Crippen molar-refractivity contribution in [2.45, 2.75) is 52.2 Å². The van der Waals surface area contributed by atoms with E-state index >= 15 is 0 Å². The van der Waals surface area contributed by atoms with Gasteiger partial charge in [0.2, 0.25) is 11.7 Å². The average molecular weight is 458 g/mol. The van der Waals surface area contributed by atoms with Crippen molar-refractivity contribution < 1.29 is 24.0 Å². The van der Waals surface area contributed by atoms with E-state index in [2.05, 4.69) is 5.32 Å². The monoisotopic (exact) mass is 457 g/mol. The van der Waals surface area contributed by atoms with Gasteiger partial charge in [-0.3, -0.25) is 19.7 Å². The summed E-state index contributed by atoms with van der Waals surface area (Å²) in [5, 5.41) is 14.0. The van der Waals surface area contributed by atoms with E-state index in [1.807, 2.05) is 58.0 Å². The zero-order valence-electron chi connectivity index (χ0n) is 19.7. The van der Waals surface area contributed by atoms with Crippen LogP contribution in [0.4, 0.5) is 5.69 Å². The Balaban J connectivity index is 2.24. The molecule has 0 saturated heterocycles. The van der Waals surface area contributed by atoms with Crippen LogP contribution in [0.5, 0.6) is 11.5 Å². The average Bonchev–Trinajstić information content (AvgIpc) is 2.76. The molecule has 1 unspecified atom stereocenters. The van der Waals surface area contributed by atoms with E-state index in [0.717, 1.165) is 5.56 Å². The van der Waals surface area contributed by atoms with Gasteiger partial charge in [0.1, 0.15) is 11.8 Å². The largest absolute Gasteiger partial charge is 0.490 e. The predicted octanol–water partition coefficient (Wildman–Crippen LogP) is 3.70. The lowest BCUT2D eigenvalue weighted by Gasteiger charge is -2.33. The molecule has 0 spiro atoms. The van der Waals surface area contributed by atoms with Crippen LogP contribution in [0, 0.1) is 10.1 Å². The van der Waals surface area contributed by atoms with E-state index in [4.69, 9.17) is 9.47 Å². The minimum atomic E-state index is -0.688. The first-order chi connectivity index (χ1) is 15.6. The van der Waals surface area contributed by atoms with E-state index in [9.17, 15) is 19.7 Å². The Hall–Kier alpha value is -3.62. The van der Waals surface area contributed by atoms with Crippen molar-refractivity contribution in [1.82, 2.24) is 10.2 Å². The molecule has 0 aliphatic carbocycles. The number of hydrogen-bond acceptors (Lipinski definition) is 6. The van der Waals surface area contributed by atoms with Crippen molar-refractivity contribution in [2.24, 2.45) is 0 Å². The number of amides is 2. The highest BCUT2D eigenvalue weighted by Gasteiger charge is 2.31. The van der Waals surface area contributed by atoms with Gasteiger partial charge in [0, 0.05) is 24.2 Å². The molecule has 0 radical (unpaired) electrons. The third kappa shape index (κ3) is 7.48. The van der Waals surface area contributed by atoms with Crippen molar-refractivity contribution in [3.63, 3.8) is 0 Å². The molecule has 0 aliphatic heterocycles. The Kier molecular flexibility index (Phi) is 8.78. The van der Waals surface area contributed by atoms with Gasteiger partial charge in [0.05, 0.1) is 12.0 Å². The van der Waals surface area contributed by atoms with E-state index in [1.165, 1.54) is 30.2 Å². The highest BCUT2D eigenvalue weighted by atomic mass is 16.6. The van der Waals surface area contributed by atoms with Crippen LogP contribution >= 0.6 is 0 Å². The number of hydrogen-bond donors (Lipinski definition) is 1. The maximum atomic E-state index is 13.2. The fourth-order valence-electron chi connectivity index (χ4n) is 3.28. The van der Waals surface area contributed by atoms with Crippen LogP contribution < -0.4 is 14.8 Å². The predicted molar refractivity (Wildman–Crippen MR) is 124 cm³/mol. The first-order valence-electron chi connectivity index (χ1n) is 10.7. The zero-order chi connectivity index (χ0) is 24.6. The van der Waals surface area contributed by atoms with Gasteiger partial charge < -0.3 is 19.7 Å². The number of carbonyl (C=O) groups is 2. The number of nitrogens with one attached hydrogen (secondary N) is 1. The maximum Gasteiger partial charge on any atom is 0.311 e. The highest BCUT2D eigenvalue weighted by molar-refractivity contribution is 5.88. The number of ether oxygens (including phenoxy) is 2. The van der Waals surface area contributed by atoms with Crippen molar-refractivity contribution >= 4 is 17.5 Å². The summed E-state index contributed by atoms with van der Waals surface area (Å²) in [6.45, 7) is 7.39. The van der Waals surface area contributed by atoms with Crippen molar-refractivity contribution in [2.75, 3.05) is 13.7 Å². The third-order valence-corrected chi connectivity index (χ3v) is 4.79. The van der Waals surface area contributed by atoms with Crippen LogP contribution in [0.1, 0.15) is 39.7 Å². The number of benzene rings is 2. The summed E-state index contributed by atoms with van der Waals surface area (Å²) in [6.07, 6.45) is 0.422. The molecule has 0 aliphatic rings. The summed E-state index contributed by atoms with van der Waals surface area (Å²) in [6, 6.07) is 12.7. The Morgan fingerprint density at radius 3 is 2.36 bits per heavy atom. The quantitative estimate of drug-likeness (QED) is 0.430. The van der Waals surface area contributed by atoms with Gasteiger partial charge in [-0.2, -0.15) is 0 Å². The zero-order valence-corrected chi connectivity index (χ0v) is 19.7. The Labute approximate surface area is 193 Å². The minimum absolute atomic E-state index is 0.0297. The van der Waals surface area contributed by atoms with Gasteiger partial charge in [-0.15, -0.1) is 0 Å². The van der Waals surface area contributed by atoms with Crippen LogP contribution in [-0.4, -0.2) is 46.9 Å². The summed E-state index contributed by atoms with van der Waals surface area (Å²) in [4.78, 5) is 38.2. The molecule has 0 saturated carbocycles. The van der Waals surface area contributed by atoms with Crippen LogP contribution in [0.2, 0.25) is 0 Å².